The predicted molar refractivity (Wildman–Crippen MR) is 161 cm³/mol. The fraction of sp³-hybridized carbons (Fsp3) is 0.613. The summed E-state index contributed by atoms with van der Waals surface area (Å²) in [6.45, 7) is 7.66. The monoisotopic (exact) mass is 601 g/mol. The lowest BCUT2D eigenvalue weighted by Crippen LogP contribution is -2.43. The molecule has 8 nitrogen and oxygen atoms in total. The molecule has 10 heteroatoms. The number of hydrogen-bond donors (Lipinski definition) is 2. The van der Waals surface area contributed by atoms with Gasteiger partial charge in [-0.15, -0.1) is 11.8 Å². The Morgan fingerprint density at radius 1 is 1.17 bits per heavy atom. The number of pyridine rings is 1. The van der Waals surface area contributed by atoms with Crippen molar-refractivity contribution in [1.29, 1.82) is 0 Å². The van der Waals surface area contributed by atoms with E-state index in [1.165, 1.54) is 37.7 Å². The number of likely N-dealkylation sites (tertiary alicyclic amines) is 1. The molecule has 1 saturated heterocycles. The van der Waals surface area contributed by atoms with Gasteiger partial charge < -0.3 is 24.5 Å². The van der Waals surface area contributed by atoms with Gasteiger partial charge >= 0.3 is 0 Å². The van der Waals surface area contributed by atoms with Crippen molar-refractivity contribution in [2.45, 2.75) is 63.1 Å². The number of H-pyrrole nitrogens is 1. The van der Waals surface area contributed by atoms with Crippen molar-refractivity contribution < 1.29 is 19.0 Å². The van der Waals surface area contributed by atoms with Gasteiger partial charge in [-0.3, -0.25) is 14.5 Å². The highest BCUT2D eigenvalue weighted by Gasteiger charge is 2.56. The summed E-state index contributed by atoms with van der Waals surface area (Å²) in [6, 6.07) is 4.21. The number of amides is 1. The number of carbonyl (C=O) groups excluding carboxylic acids is 1. The SMILES string of the molecule is COCC1[C@H]2CN(C3CCC([C@H]4COc5c(Cl)cc(C(=O)NCc6c(SC)cc(C)[nH]c6=O)c(C)c5O4)CC3)C[C@@H]12. The second-order valence-corrected chi connectivity index (χ2v) is 13.4. The molecule has 0 spiro atoms. The lowest BCUT2D eigenvalue weighted by Gasteiger charge is -2.40. The summed E-state index contributed by atoms with van der Waals surface area (Å²) in [7, 11) is 1.81. The Morgan fingerprint density at radius 3 is 2.59 bits per heavy atom. The maximum absolute atomic E-state index is 13.3. The van der Waals surface area contributed by atoms with Gasteiger partial charge in [0.05, 0.1) is 5.02 Å². The van der Waals surface area contributed by atoms with E-state index in [2.05, 4.69) is 15.2 Å². The molecule has 2 aromatic rings. The standard InChI is InChI=1S/C31H40ClN3O5S/c1-16-9-27(41-4)21(31(37)34-16)11-33-30(36)20-10-25(32)29-28(17(20)2)40-26(15-39-29)18-5-7-19(8-6-18)35-12-22-23(13-35)24(22)14-38-3/h9-10,18-19,22-24,26H,5-8,11-15H2,1-4H3,(H,33,36)(H,34,37)/t18?,19?,22-,23+,24?,26-/m1/s1. The van der Waals surface area contributed by atoms with Crippen LogP contribution in [0.3, 0.4) is 0 Å². The molecular formula is C31H40ClN3O5S. The minimum Gasteiger partial charge on any atom is -0.484 e. The summed E-state index contributed by atoms with van der Waals surface area (Å²) < 4.78 is 18.1. The van der Waals surface area contributed by atoms with Crippen LogP contribution in [0.25, 0.3) is 0 Å². The van der Waals surface area contributed by atoms with Crippen molar-refractivity contribution in [3.63, 3.8) is 0 Å². The van der Waals surface area contributed by atoms with Gasteiger partial charge in [-0.2, -0.15) is 0 Å². The second kappa shape index (κ2) is 11.8. The van der Waals surface area contributed by atoms with Gasteiger partial charge in [-0.25, -0.2) is 0 Å². The Morgan fingerprint density at radius 2 is 1.90 bits per heavy atom. The number of aromatic nitrogens is 1. The lowest BCUT2D eigenvalue weighted by molar-refractivity contribution is 0.0198. The molecular weight excluding hydrogens is 562 g/mol. The van der Waals surface area contributed by atoms with Crippen LogP contribution in [0.2, 0.25) is 5.02 Å². The summed E-state index contributed by atoms with van der Waals surface area (Å²) in [4.78, 5) is 32.2. The number of halogens is 1. The third-order valence-electron chi connectivity index (χ3n) is 9.76. The number of thioether (sulfide) groups is 1. The van der Waals surface area contributed by atoms with Crippen LogP contribution in [0.4, 0.5) is 0 Å². The van der Waals surface area contributed by atoms with Crippen LogP contribution in [0, 0.1) is 37.5 Å². The van der Waals surface area contributed by atoms with E-state index in [0.29, 0.717) is 51.8 Å². The van der Waals surface area contributed by atoms with Gasteiger partial charge in [0.1, 0.15) is 12.7 Å². The fourth-order valence-electron chi connectivity index (χ4n) is 7.36. The smallest absolute Gasteiger partial charge is 0.254 e. The predicted octanol–water partition coefficient (Wildman–Crippen LogP) is 4.82. The zero-order valence-electron chi connectivity index (χ0n) is 24.3. The van der Waals surface area contributed by atoms with E-state index in [4.69, 9.17) is 25.8 Å². The van der Waals surface area contributed by atoms with Gasteiger partial charge in [0.25, 0.3) is 11.5 Å². The Kier molecular flexibility index (Phi) is 8.33. The average molecular weight is 602 g/mol. The largest absolute Gasteiger partial charge is 0.484 e. The van der Waals surface area contributed by atoms with Crippen LogP contribution in [-0.2, 0) is 11.3 Å². The van der Waals surface area contributed by atoms with Crippen molar-refractivity contribution in [2.24, 2.45) is 23.7 Å². The zero-order chi connectivity index (χ0) is 28.8. The van der Waals surface area contributed by atoms with Crippen LogP contribution in [0.1, 0.15) is 52.9 Å². The molecule has 2 saturated carbocycles. The summed E-state index contributed by atoms with van der Waals surface area (Å²) >= 11 is 8.07. The highest BCUT2D eigenvalue weighted by Crippen LogP contribution is 2.53. The fourth-order valence-corrected chi connectivity index (χ4v) is 8.31. The third-order valence-corrected chi connectivity index (χ3v) is 10.8. The molecule has 222 valence electrons. The topological polar surface area (TPSA) is 92.9 Å². The van der Waals surface area contributed by atoms with Crippen molar-refractivity contribution in [3.05, 3.63) is 49.9 Å². The van der Waals surface area contributed by atoms with Crippen LogP contribution in [0.5, 0.6) is 11.5 Å². The Bertz CT molecular complexity index is 1360. The Labute approximate surface area is 250 Å². The van der Waals surface area contributed by atoms with Gasteiger partial charge in [0.2, 0.25) is 0 Å². The number of aromatic amines is 1. The van der Waals surface area contributed by atoms with Crippen molar-refractivity contribution >= 4 is 29.3 Å². The lowest BCUT2D eigenvalue weighted by atomic mass is 9.82. The molecule has 3 fully saturated rings. The quantitative estimate of drug-likeness (QED) is 0.419. The van der Waals surface area contributed by atoms with Crippen molar-refractivity contribution in [3.8, 4) is 11.5 Å². The van der Waals surface area contributed by atoms with E-state index >= 15 is 0 Å². The van der Waals surface area contributed by atoms with Crippen LogP contribution < -0.4 is 20.3 Å². The number of benzene rings is 1. The molecule has 2 aliphatic heterocycles. The van der Waals surface area contributed by atoms with E-state index in [1.807, 2.05) is 33.3 Å². The highest BCUT2D eigenvalue weighted by atomic mass is 35.5. The molecule has 2 aliphatic carbocycles. The molecule has 1 unspecified atom stereocenters. The first-order valence-corrected chi connectivity index (χ1v) is 16.3. The molecule has 1 aromatic heterocycles. The maximum atomic E-state index is 13.3. The van der Waals surface area contributed by atoms with Gasteiger partial charge in [0, 0.05) is 66.7 Å². The Hall–Kier alpha value is -2.20. The third kappa shape index (κ3) is 5.63. The van der Waals surface area contributed by atoms with E-state index < -0.39 is 0 Å². The normalized spacial score (nSPS) is 28.8. The molecule has 1 amide bonds. The van der Waals surface area contributed by atoms with E-state index in [9.17, 15) is 9.59 Å². The van der Waals surface area contributed by atoms with Crippen molar-refractivity contribution in [2.75, 3.05) is 39.7 Å². The van der Waals surface area contributed by atoms with E-state index in [1.54, 1.807) is 6.07 Å². The molecule has 2 N–H and O–H groups in total. The molecule has 1 aromatic carbocycles. The highest BCUT2D eigenvalue weighted by molar-refractivity contribution is 7.98. The minimum absolute atomic E-state index is 0.0650. The first-order valence-electron chi connectivity index (χ1n) is 14.7. The molecule has 4 atom stereocenters. The molecule has 0 bridgehead atoms. The van der Waals surface area contributed by atoms with E-state index in [0.717, 1.165) is 47.8 Å². The van der Waals surface area contributed by atoms with Crippen LogP contribution >= 0.6 is 23.4 Å². The number of nitrogens with zero attached hydrogens (tertiary/aromatic N) is 1. The van der Waals surface area contributed by atoms with Gasteiger partial charge in [-0.1, -0.05) is 11.6 Å². The maximum Gasteiger partial charge on any atom is 0.254 e. The average Bonchev–Trinajstić information content (AvgIpc) is 3.40. The molecule has 6 rings (SSSR count). The molecule has 4 aliphatic rings. The molecule has 0 radical (unpaired) electrons. The first kappa shape index (κ1) is 28.9. The molecule has 3 heterocycles. The number of methoxy groups -OCH3 is 1. The summed E-state index contributed by atoms with van der Waals surface area (Å²) in [6.07, 6.45) is 6.44. The number of hydrogen-bond acceptors (Lipinski definition) is 7. The summed E-state index contributed by atoms with van der Waals surface area (Å²) in [5, 5.41) is 3.26. The number of aryl methyl sites for hydroxylation is 1. The van der Waals surface area contributed by atoms with Crippen LogP contribution in [0.15, 0.2) is 21.8 Å². The Balaban J connectivity index is 1.09. The number of piperidine rings is 1. The molecule has 41 heavy (non-hydrogen) atoms. The number of nitrogens with one attached hydrogen (secondary N) is 2. The number of rotatable bonds is 8. The van der Waals surface area contributed by atoms with E-state index in [-0.39, 0.29) is 24.1 Å². The second-order valence-electron chi connectivity index (χ2n) is 12.1. The number of carbonyl (C=O) groups is 1. The number of ether oxygens (including phenoxy) is 3. The van der Waals surface area contributed by atoms with Crippen LogP contribution in [-0.4, -0.2) is 67.6 Å². The zero-order valence-corrected chi connectivity index (χ0v) is 25.8. The number of fused-ring (bicyclic) bond motifs is 2. The van der Waals surface area contributed by atoms with Crippen molar-refractivity contribution in [1.82, 2.24) is 15.2 Å². The van der Waals surface area contributed by atoms with Gasteiger partial charge in [-0.05, 0) is 81.6 Å². The summed E-state index contributed by atoms with van der Waals surface area (Å²) in [5.41, 5.74) is 2.26. The first-order chi connectivity index (χ1) is 19.8. The summed E-state index contributed by atoms with van der Waals surface area (Å²) in [5.74, 6) is 3.62. The van der Waals surface area contributed by atoms with Gasteiger partial charge in [0.15, 0.2) is 11.5 Å². The minimum atomic E-state index is -0.304.